The summed E-state index contributed by atoms with van der Waals surface area (Å²) in [7, 11) is 1.73. The molecule has 1 fully saturated rings. The van der Waals surface area contributed by atoms with Gasteiger partial charge in [0.05, 0.1) is 39.0 Å². The maximum absolute atomic E-state index is 10.0. The van der Waals surface area contributed by atoms with E-state index in [1.54, 1.807) is 24.3 Å². The molecule has 4 rings (SSSR count). The third-order valence-corrected chi connectivity index (χ3v) is 5.18. The molecular formula is C21H24N3O2+. The lowest BCUT2D eigenvalue weighted by molar-refractivity contribution is -0.914. The Balaban J connectivity index is 1.47. The molecule has 2 N–H and O–H groups in total. The Morgan fingerprint density at radius 2 is 1.88 bits per heavy atom. The van der Waals surface area contributed by atoms with E-state index in [0.717, 1.165) is 43.9 Å². The fourth-order valence-electron chi connectivity index (χ4n) is 3.77. The predicted molar refractivity (Wildman–Crippen MR) is 103 cm³/mol. The topological polar surface area (TPSA) is 50.0 Å². The molecule has 0 amide bonds. The Hall–Kier alpha value is -2.79. The zero-order chi connectivity index (χ0) is 17.9. The second kappa shape index (κ2) is 7.22. The molecule has 0 spiro atoms. The fraction of sp³-hybridized carbons (Fsp3) is 0.286. The minimum Gasteiger partial charge on any atom is -0.506 e. The van der Waals surface area contributed by atoms with Gasteiger partial charge < -0.3 is 19.6 Å². The van der Waals surface area contributed by atoms with Gasteiger partial charge in [0.25, 0.3) is 0 Å². The fourth-order valence-corrected chi connectivity index (χ4v) is 3.77. The number of hydrogen-bond donors (Lipinski definition) is 2. The molecule has 0 aliphatic carbocycles. The molecular weight excluding hydrogens is 326 g/mol. The van der Waals surface area contributed by atoms with Gasteiger partial charge in [-0.25, -0.2) is 0 Å². The summed E-state index contributed by atoms with van der Waals surface area (Å²) in [6, 6.07) is 16.0. The minimum absolute atomic E-state index is 0.250. The van der Waals surface area contributed by atoms with Gasteiger partial charge in [-0.1, -0.05) is 18.2 Å². The lowest BCUT2D eigenvalue weighted by Gasteiger charge is -2.34. The second-order valence-corrected chi connectivity index (χ2v) is 6.73. The molecule has 0 radical (unpaired) electrons. The van der Waals surface area contributed by atoms with Gasteiger partial charge in [-0.05, 0) is 30.3 Å². The van der Waals surface area contributed by atoms with Gasteiger partial charge >= 0.3 is 0 Å². The Labute approximate surface area is 153 Å². The number of quaternary nitrogens is 1. The quantitative estimate of drug-likeness (QED) is 0.754. The van der Waals surface area contributed by atoms with Crippen LogP contribution in [0.4, 0.5) is 5.69 Å². The first-order chi connectivity index (χ1) is 12.8. The van der Waals surface area contributed by atoms with E-state index in [9.17, 15) is 5.11 Å². The Bertz CT molecular complexity index is 905. The number of nitrogens with zero attached hydrogens (tertiary/aromatic N) is 2. The van der Waals surface area contributed by atoms with E-state index in [0.29, 0.717) is 5.52 Å². The zero-order valence-corrected chi connectivity index (χ0v) is 15.0. The molecule has 0 saturated carbocycles. The van der Waals surface area contributed by atoms with Crippen LogP contribution in [0.1, 0.15) is 5.56 Å². The van der Waals surface area contributed by atoms with E-state index in [4.69, 9.17) is 4.74 Å². The number of hydrogen-bond acceptors (Lipinski definition) is 4. The molecule has 1 aliphatic rings. The summed E-state index contributed by atoms with van der Waals surface area (Å²) in [5.41, 5.74) is 3.11. The van der Waals surface area contributed by atoms with E-state index in [-0.39, 0.29) is 5.75 Å². The monoisotopic (exact) mass is 350 g/mol. The first-order valence-corrected chi connectivity index (χ1v) is 9.03. The van der Waals surface area contributed by atoms with Gasteiger partial charge in [0.1, 0.15) is 23.6 Å². The summed E-state index contributed by atoms with van der Waals surface area (Å²) in [5, 5.41) is 11.1. The van der Waals surface area contributed by atoms with E-state index in [1.165, 1.54) is 11.3 Å². The number of nitrogens with one attached hydrogen (secondary N) is 1. The number of pyridine rings is 1. The van der Waals surface area contributed by atoms with Gasteiger partial charge in [0.2, 0.25) is 0 Å². The SMILES string of the molecule is COc1ccccc1N1CC[NH+](Cc2ccc(O)c3ncccc23)CC1. The molecule has 5 nitrogen and oxygen atoms in total. The summed E-state index contributed by atoms with van der Waals surface area (Å²) >= 11 is 0. The maximum Gasteiger partial charge on any atom is 0.142 e. The minimum atomic E-state index is 0.250. The Morgan fingerprint density at radius 3 is 2.69 bits per heavy atom. The van der Waals surface area contributed by atoms with Crippen molar-refractivity contribution in [2.24, 2.45) is 0 Å². The highest BCUT2D eigenvalue weighted by Gasteiger charge is 2.23. The predicted octanol–water partition coefficient (Wildman–Crippen LogP) is 1.85. The molecule has 0 unspecified atom stereocenters. The first-order valence-electron chi connectivity index (χ1n) is 9.03. The summed E-state index contributed by atoms with van der Waals surface area (Å²) in [6.07, 6.45) is 1.73. The van der Waals surface area contributed by atoms with Crippen LogP contribution < -0.4 is 14.5 Å². The smallest absolute Gasteiger partial charge is 0.142 e. The lowest BCUT2D eigenvalue weighted by atomic mass is 10.1. The molecule has 5 heteroatoms. The van der Waals surface area contributed by atoms with Crippen LogP contribution >= 0.6 is 0 Å². The van der Waals surface area contributed by atoms with Crippen molar-refractivity contribution >= 4 is 16.6 Å². The van der Waals surface area contributed by atoms with Gasteiger partial charge in [0, 0.05) is 17.1 Å². The number of rotatable bonds is 4. The largest absolute Gasteiger partial charge is 0.506 e. The van der Waals surface area contributed by atoms with Crippen molar-refractivity contribution in [1.29, 1.82) is 0 Å². The van der Waals surface area contributed by atoms with Crippen LogP contribution in [0.3, 0.4) is 0 Å². The number of ether oxygens (including phenoxy) is 1. The van der Waals surface area contributed by atoms with Crippen LogP contribution in [-0.4, -0.2) is 43.4 Å². The number of benzene rings is 2. The number of phenols is 1. The number of aromatic nitrogens is 1. The van der Waals surface area contributed by atoms with Crippen LogP contribution in [0.15, 0.2) is 54.7 Å². The van der Waals surface area contributed by atoms with Gasteiger partial charge in [-0.2, -0.15) is 0 Å². The molecule has 2 heterocycles. The van der Waals surface area contributed by atoms with Crippen LogP contribution in [0.5, 0.6) is 11.5 Å². The van der Waals surface area contributed by atoms with Gasteiger partial charge in [-0.15, -0.1) is 0 Å². The highest BCUT2D eigenvalue weighted by Crippen LogP contribution is 2.28. The number of para-hydroxylation sites is 2. The number of phenolic OH excluding ortho intramolecular Hbond substituents is 1. The number of piperazine rings is 1. The highest BCUT2D eigenvalue weighted by molar-refractivity contribution is 5.86. The zero-order valence-electron chi connectivity index (χ0n) is 15.0. The standard InChI is InChI=1S/C21H23N3O2/c1-26-20-7-3-2-6-18(20)24-13-11-23(12-14-24)15-16-8-9-19(25)21-17(16)5-4-10-22-21/h2-10,25H,11-15H2,1H3/p+1. The molecule has 0 atom stereocenters. The maximum atomic E-state index is 10.0. The van der Waals surface area contributed by atoms with E-state index in [2.05, 4.69) is 22.0 Å². The van der Waals surface area contributed by atoms with Crippen molar-refractivity contribution in [3.05, 3.63) is 60.3 Å². The average molecular weight is 350 g/mol. The average Bonchev–Trinajstić information content (AvgIpc) is 2.71. The molecule has 0 bridgehead atoms. The number of aromatic hydroxyl groups is 1. The first kappa shape index (κ1) is 16.7. The molecule has 1 saturated heterocycles. The summed E-state index contributed by atoms with van der Waals surface area (Å²) in [6.45, 7) is 5.09. The third kappa shape index (κ3) is 3.18. The van der Waals surface area contributed by atoms with Crippen LogP contribution in [0.25, 0.3) is 10.9 Å². The van der Waals surface area contributed by atoms with Crippen molar-refractivity contribution in [1.82, 2.24) is 4.98 Å². The number of fused-ring (bicyclic) bond motifs is 1. The van der Waals surface area contributed by atoms with Crippen molar-refractivity contribution in [2.75, 3.05) is 38.2 Å². The molecule has 2 aromatic carbocycles. The molecule has 134 valence electrons. The van der Waals surface area contributed by atoms with E-state index in [1.807, 2.05) is 30.3 Å². The molecule has 1 aromatic heterocycles. The number of anilines is 1. The van der Waals surface area contributed by atoms with Crippen LogP contribution in [0.2, 0.25) is 0 Å². The third-order valence-electron chi connectivity index (χ3n) is 5.18. The van der Waals surface area contributed by atoms with Gasteiger partial charge in [0.15, 0.2) is 0 Å². The Kier molecular flexibility index (Phi) is 4.63. The van der Waals surface area contributed by atoms with Crippen LogP contribution in [-0.2, 0) is 6.54 Å². The second-order valence-electron chi connectivity index (χ2n) is 6.73. The van der Waals surface area contributed by atoms with E-state index >= 15 is 0 Å². The van der Waals surface area contributed by atoms with Crippen molar-refractivity contribution < 1.29 is 14.7 Å². The van der Waals surface area contributed by atoms with E-state index < -0.39 is 0 Å². The summed E-state index contributed by atoms with van der Waals surface area (Å²) in [5.74, 6) is 1.19. The van der Waals surface area contributed by atoms with Crippen molar-refractivity contribution in [2.45, 2.75) is 6.54 Å². The number of methoxy groups -OCH3 is 1. The van der Waals surface area contributed by atoms with Crippen LogP contribution in [0, 0.1) is 0 Å². The normalized spacial score (nSPS) is 15.3. The Morgan fingerprint density at radius 1 is 1.08 bits per heavy atom. The summed E-state index contributed by atoms with van der Waals surface area (Å²) in [4.78, 5) is 8.27. The highest BCUT2D eigenvalue weighted by atomic mass is 16.5. The lowest BCUT2D eigenvalue weighted by Crippen LogP contribution is -3.13. The molecule has 26 heavy (non-hydrogen) atoms. The molecule has 1 aliphatic heterocycles. The van der Waals surface area contributed by atoms with Crippen molar-refractivity contribution in [3.63, 3.8) is 0 Å². The van der Waals surface area contributed by atoms with Crippen molar-refractivity contribution in [3.8, 4) is 11.5 Å². The molecule has 3 aromatic rings. The van der Waals surface area contributed by atoms with Gasteiger partial charge in [-0.3, -0.25) is 4.98 Å². The summed E-state index contributed by atoms with van der Waals surface area (Å²) < 4.78 is 5.50.